The molecule has 0 bridgehead atoms. The molecule has 1 N–H and O–H groups in total. The third-order valence-electron chi connectivity index (χ3n) is 5.63. The third-order valence-corrected chi connectivity index (χ3v) is 6.18. The maximum Gasteiger partial charge on any atom is 0.252 e. The van der Waals surface area contributed by atoms with Gasteiger partial charge >= 0.3 is 0 Å². The second kappa shape index (κ2) is 11.4. The van der Waals surface area contributed by atoms with Crippen molar-refractivity contribution in [2.24, 2.45) is 5.92 Å². The van der Waals surface area contributed by atoms with Crippen LogP contribution in [0.25, 0.3) is 0 Å². The van der Waals surface area contributed by atoms with Crippen LogP contribution in [0.2, 0.25) is 10.0 Å². The predicted molar refractivity (Wildman–Crippen MR) is 123 cm³/mol. The first-order valence-electron chi connectivity index (χ1n) is 10.6. The van der Waals surface area contributed by atoms with Crippen molar-refractivity contribution in [2.45, 2.75) is 44.9 Å². The summed E-state index contributed by atoms with van der Waals surface area (Å²) in [5, 5.41) is 3.70. The number of rotatable bonds is 9. The van der Waals surface area contributed by atoms with Crippen LogP contribution in [-0.2, 0) is 4.79 Å². The number of hydrogen-bond donors (Lipinski definition) is 1. The maximum atomic E-state index is 12.9. The highest BCUT2D eigenvalue weighted by atomic mass is 35.5. The van der Waals surface area contributed by atoms with Gasteiger partial charge in [0.05, 0.1) is 10.6 Å². The number of para-hydroxylation sites is 1. The molecule has 2 aromatic rings. The average molecular weight is 447 g/mol. The molecule has 160 valence electrons. The molecule has 2 amide bonds. The van der Waals surface area contributed by atoms with Crippen molar-refractivity contribution in [3.05, 3.63) is 64.1 Å². The van der Waals surface area contributed by atoms with Gasteiger partial charge in [-0.15, -0.1) is 0 Å². The third kappa shape index (κ3) is 6.48. The van der Waals surface area contributed by atoms with E-state index in [1.165, 1.54) is 25.7 Å². The molecular weight excluding hydrogens is 419 g/mol. The average Bonchev–Trinajstić information content (AvgIpc) is 3.26. The Kier molecular flexibility index (Phi) is 8.59. The topological polar surface area (TPSA) is 49.4 Å². The summed E-state index contributed by atoms with van der Waals surface area (Å²) in [5.41, 5.74) is 1.30. The van der Waals surface area contributed by atoms with Crippen LogP contribution in [0.15, 0.2) is 48.5 Å². The number of amides is 2. The fourth-order valence-corrected chi connectivity index (χ4v) is 4.47. The molecule has 1 fully saturated rings. The van der Waals surface area contributed by atoms with Crippen molar-refractivity contribution in [1.29, 1.82) is 0 Å². The van der Waals surface area contributed by atoms with Gasteiger partial charge in [0, 0.05) is 30.2 Å². The number of benzene rings is 2. The molecule has 30 heavy (non-hydrogen) atoms. The lowest BCUT2D eigenvalue weighted by Gasteiger charge is -2.24. The van der Waals surface area contributed by atoms with Crippen LogP contribution in [0.1, 0.15) is 55.3 Å². The van der Waals surface area contributed by atoms with Crippen LogP contribution in [0.5, 0.6) is 0 Å². The van der Waals surface area contributed by atoms with E-state index in [9.17, 15) is 9.59 Å². The molecular formula is C24H28Cl2N2O2. The normalized spacial score (nSPS) is 13.9. The minimum absolute atomic E-state index is 0.153. The molecule has 2 aromatic carbocycles. The number of carbonyl (C=O) groups excluding carboxylic acids is 2. The Balaban J connectivity index is 1.52. The van der Waals surface area contributed by atoms with Gasteiger partial charge in [0.2, 0.25) is 5.91 Å². The molecule has 0 aromatic heterocycles. The van der Waals surface area contributed by atoms with Crippen LogP contribution in [0.3, 0.4) is 0 Å². The second-order valence-corrected chi connectivity index (χ2v) is 8.65. The Morgan fingerprint density at radius 3 is 2.47 bits per heavy atom. The zero-order chi connectivity index (χ0) is 21.3. The molecule has 1 aliphatic rings. The Hall–Kier alpha value is -2.04. The van der Waals surface area contributed by atoms with Gasteiger partial charge in [0.25, 0.3) is 5.91 Å². The molecule has 4 nitrogen and oxygen atoms in total. The van der Waals surface area contributed by atoms with Crippen molar-refractivity contribution in [3.63, 3.8) is 0 Å². The lowest BCUT2D eigenvalue weighted by atomic mass is 10.0. The van der Waals surface area contributed by atoms with Crippen molar-refractivity contribution >= 4 is 40.7 Å². The maximum absolute atomic E-state index is 12.9. The van der Waals surface area contributed by atoms with E-state index in [-0.39, 0.29) is 11.8 Å². The highest BCUT2D eigenvalue weighted by molar-refractivity contribution is 6.36. The lowest BCUT2D eigenvalue weighted by molar-refractivity contribution is -0.118. The van der Waals surface area contributed by atoms with Crippen LogP contribution in [0, 0.1) is 5.92 Å². The molecule has 1 saturated carbocycles. The SMILES string of the molecule is O=C(NCCCN(C(=O)CCC1CCCC1)c1ccccc1)c1ccc(Cl)cc1Cl. The van der Waals surface area contributed by atoms with E-state index in [0.29, 0.717) is 47.5 Å². The Bertz CT molecular complexity index is 852. The highest BCUT2D eigenvalue weighted by Gasteiger charge is 2.20. The summed E-state index contributed by atoms with van der Waals surface area (Å²) in [6.07, 6.45) is 7.27. The summed E-state index contributed by atoms with van der Waals surface area (Å²) in [6.45, 7) is 1.01. The number of nitrogens with one attached hydrogen (secondary N) is 1. The van der Waals surface area contributed by atoms with Crippen molar-refractivity contribution in [2.75, 3.05) is 18.0 Å². The van der Waals surface area contributed by atoms with E-state index >= 15 is 0 Å². The van der Waals surface area contributed by atoms with E-state index in [0.717, 1.165) is 12.1 Å². The van der Waals surface area contributed by atoms with Gasteiger partial charge < -0.3 is 10.2 Å². The quantitative estimate of drug-likeness (QED) is 0.471. The molecule has 3 rings (SSSR count). The van der Waals surface area contributed by atoms with Crippen LogP contribution < -0.4 is 10.2 Å². The van der Waals surface area contributed by atoms with Gasteiger partial charge in [0.15, 0.2) is 0 Å². The van der Waals surface area contributed by atoms with Crippen LogP contribution >= 0.6 is 23.2 Å². The summed E-state index contributed by atoms with van der Waals surface area (Å²) in [7, 11) is 0. The second-order valence-electron chi connectivity index (χ2n) is 7.80. The molecule has 0 unspecified atom stereocenters. The summed E-state index contributed by atoms with van der Waals surface area (Å²) in [5.74, 6) is 0.602. The van der Waals surface area contributed by atoms with E-state index in [1.54, 1.807) is 18.2 Å². The van der Waals surface area contributed by atoms with Crippen molar-refractivity contribution in [3.8, 4) is 0 Å². The van der Waals surface area contributed by atoms with Crippen molar-refractivity contribution < 1.29 is 9.59 Å². The standard InChI is InChI=1S/C24H28Cl2N2O2/c25-19-12-13-21(22(26)17-19)24(30)27-15-6-16-28(20-9-2-1-3-10-20)23(29)14-11-18-7-4-5-8-18/h1-3,9-10,12-13,17-18H,4-8,11,14-16H2,(H,27,30). The molecule has 0 radical (unpaired) electrons. The van der Waals surface area contributed by atoms with E-state index in [1.807, 2.05) is 35.2 Å². The van der Waals surface area contributed by atoms with Crippen LogP contribution in [-0.4, -0.2) is 24.9 Å². The molecule has 0 saturated heterocycles. The summed E-state index contributed by atoms with van der Waals surface area (Å²) in [6, 6.07) is 14.6. The fourth-order valence-electron chi connectivity index (χ4n) is 3.98. The molecule has 0 heterocycles. The van der Waals surface area contributed by atoms with Gasteiger partial charge in [-0.1, -0.05) is 67.1 Å². The molecule has 1 aliphatic carbocycles. The zero-order valence-corrected chi connectivity index (χ0v) is 18.6. The molecule has 0 aliphatic heterocycles. The summed E-state index contributed by atoms with van der Waals surface area (Å²) >= 11 is 12.0. The van der Waals surface area contributed by atoms with Gasteiger partial charge in [-0.3, -0.25) is 9.59 Å². The van der Waals surface area contributed by atoms with E-state index in [4.69, 9.17) is 23.2 Å². The predicted octanol–water partition coefficient (Wildman–Crippen LogP) is 6.12. The number of nitrogens with zero attached hydrogens (tertiary/aromatic N) is 1. The zero-order valence-electron chi connectivity index (χ0n) is 17.1. The molecule has 6 heteroatoms. The molecule has 0 spiro atoms. The Labute approximate surface area is 188 Å². The minimum Gasteiger partial charge on any atom is -0.352 e. The smallest absolute Gasteiger partial charge is 0.252 e. The van der Waals surface area contributed by atoms with Gasteiger partial charge in [-0.2, -0.15) is 0 Å². The summed E-state index contributed by atoms with van der Waals surface area (Å²) < 4.78 is 0. The Morgan fingerprint density at radius 2 is 1.77 bits per heavy atom. The molecule has 0 atom stereocenters. The first-order chi connectivity index (χ1) is 14.5. The first-order valence-corrected chi connectivity index (χ1v) is 11.4. The summed E-state index contributed by atoms with van der Waals surface area (Å²) in [4.78, 5) is 27.1. The monoisotopic (exact) mass is 446 g/mol. The first kappa shape index (κ1) is 22.6. The number of carbonyl (C=O) groups is 2. The number of anilines is 1. The number of halogens is 2. The Morgan fingerprint density at radius 1 is 1.03 bits per heavy atom. The van der Waals surface area contributed by atoms with E-state index in [2.05, 4.69) is 5.32 Å². The fraction of sp³-hybridized carbons (Fsp3) is 0.417. The van der Waals surface area contributed by atoms with Crippen molar-refractivity contribution in [1.82, 2.24) is 5.32 Å². The number of hydrogen-bond acceptors (Lipinski definition) is 2. The van der Waals surface area contributed by atoms with Gasteiger partial charge in [-0.05, 0) is 49.1 Å². The van der Waals surface area contributed by atoms with Gasteiger partial charge in [-0.25, -0.2) is 0 Å². The minimum atomic E-state index is -0.240. The van der Waals surface area contributed by atoms with Crippen LogP contribution in [0.4, 0.5) is 5.69 Å². The lowest BCUT2D eigenvalue weighted by Crippen LogP contribution is -2.34. The van der Waals surface area contributed by atoms with E-state index < -0.39 is 0 Å². The highest BCUT2D eigenvalue weighted by Crippen LogP contribution is 2.29. The largest absolute Gasteiger partial charge is 0.352 e. The van der Waals surface area contributed by atoms with Gasteiger partial charge in [0.1, 0.15) is 0 Å².